The second-order valence-corrected chi connectivity index (χ2v) is 9.39. The number of fused-ring (bicyclic) bond motifs is 4. The SMILES string of the molecule is CCCCCC[C@@H](C)/C=C(C)/C=C/C(=O)N[C@H]1CC2(O[C@H]1O)[C@@H]1O[C@@H]1C(O)[C@@H]1O[C@@H]12. The summed E-state index contributed by atoms with van der Waals surface area (Å²) in [4.78, 5) is 12.4. The largest absolute Gasteiger partial charge is 0.387 e. The summed E-state index contributed by atoms with van der Waals surface area (Å²) in [5.41, 5.74) is 0.274. The molecule has 2 unspecified atom stereocenters. The first kappa shape index (κ1) is 22.0. The van der Waals surface area contributed by atoms with E-state index in [9.17, 15) is 15.0 Å². The zero-order valence-corrected chi connectivity index (χ0v) is 18.1. The highest BCUT2D eigenvalue weighted by Gasteiger charge is 2.78. The van der Waals surface area contributed by atoms with Crippen LogP contribution in [-0.2, 0) is 19.0 Å². The van der Waals surface area contributed by atoms with Crippen LogP contribution in [-0.4, -0.2) is 64.6 Å². The van der Waals surface area contributed by atoms with Gasteiger partial charge >= 0.3 is 0 Å². The Morgan fingerprint density at radius 1 is 1.17 bits per heavy atom. The Labute approximate surface area is 178 Å². The van der Waals surface area contributed by atoms with Crippen molar-refractivity contribution in [1.82, 2.24) is 5.32 Å². The quantitative estimate of drug-likeness (QED) is 0.228. The van der Waals surface area contributed by atoms with Gasteiger partial charge < -0.3 is 29.7 Å². The fraction of sp³-hybridized carbons (Fsp3) is 0.783. The van der Waals surface area contributed by atoms with Gasteiger partial charge in [0.05, 0.1) is 6.04 Å². The van der Waals surface area contributed by atoms with E-state index in [1.54, 1.807) is 0 Å². The molecule has 0 aromatic heterocycles. The van der Waals surface area contributed by atoms with Crippen LogP contribution in [0, 0.1) is 5.92 Å². The molecule has 1 spiro atoms. The maximum Gasteiger partial charge on any atom is 0.244 e. The molecule has 0 aromatic rings. The van der Waals surface area contributed by atoms with Crippen molar-refractivity contribution in [2.45, 2.75) is 108 Å². The summed E-state index contributed by atoms with van der Waals surface area (Å²) < 4.78 is 17.0. The molecule has 1 amide bonds. The van der Waals surface area contributed by atoms with Gasteiger partial charge in [0.2, 0.25) is 5.91 Å². The van der Waals surface area contributed by atoms with Crippen LogP contribution in [0.2, 0.25) is 0 Å². The Balaban J connectivity index is 1.26. The summed E-state index contributed by atoms with van der Waals surface area (Å²) in [6.07, 6.45) is 9.20. The van der Waals surface area contributed by atoms with Crippen LogP contribution < -0.4 is 5.32 Å². The monoisotopic (exact) mass is 421 g/mol. The number of nitrogens with one attached hydrogen (secondary N) is 1. The lowest BCUT2D eigenvalue weighted by Gasteiger charge is -2.28. The molecule has 7 heteroatoms. The number of aliphatic hydroxyl groups excluding tert-OH is 2. The summed E-state index contributed by atoms with van der Waals surface area (Å²) >= 11 is 0. The fourth-order valence-corrected chi connectivity index (χ4v) is 5.11. The summed E-state index contributed by atoms with van der Waals surface area (Å²) in [5.74, 6) is 0.222. The van der Waals surface area contributed by atoms with Crippen LogP contribution in [0.1, 0.15) is 59.3 Å². The summed E-state index contributed by atoms with van der Waals surface area (Å²) in [7, 11) is 0. The van der Waals surface area contributed by atoms with Crippen LogP contribution in [0.25, 0.3) is 0 Å². The molecule has 9 atom stereocenters. The predicted octanol–water partition coefficient (Wildman–Crippen LogP) is 1.97. The van der Waals surface area contributed by atoms with Gasteiger partial charge in [0.15, 0.2) is 6.29 Å². The minimum atomic E-state index is -1.12. The minimum Gasteiger partial charge on any atom is -0.387 e. The van der Waals surface area contributed by atoms with E-state index >= 15 is 0 Å². The van der Waals surface area contributed by atoms with Gasteiger partial charge in [-0.15, -0.1) is 0 Å². The zero-order chi connectivity index (χ0) is 21.5. The number of amides is 1. The molecule has 1 aliphatic carbocycles. The molecule has 0 aromatic carbocycles. The molecule has 30 heavy (non-hydrogen) atoms. The Bertz CT molecular complexity index is 688. The molecule has 4 rings (SSSR count). The molecule has 1 saturated carbocycles. The lowest BCUT2D eigenvalue weighted by atomic mass is 9.80. The first-order chi connectivity index (χ1) is 14.4. The van der Waals surface area contributed by atoms with Crippen molar-refractivity contribution < 1.29 is 29.2 Å². The Morgan fingerprint density at radius 2 is 1.87 bits per heavy atom. The van der Waals surface area contributed by atoms with Gasteiger partial charge in [0.25, 0.3) is 0 Å². The number of epoxide rings is 2. The standard InChI is InChI=1S/C23H35NO6/c1-4-5-6-7-8-13(2)11-14(3)9-10-16(25)24-15-12-23(30-22(15)27)20-18(28-20)17(26)19-21(23)29-19/h9-11,13,15,17-22,26-27H,4-8,12H2,1-3H3,(H,24,25)/b10-9+,14-11+/t13-,15+,17?,18-,19+,20-,21+,22-,23?/m1/s1. The predicted molar refractivity (Wildman–Crippen MR) is 111 cm³/mol. The smallest absolute Gasteiger partial charge is 0.244 e. The highest BCUT2D eigenvalue weighted by molar-refractivity contribution is 5.88. The maximum absolute atomic E-state index is 12.4. The zero-order valence-electron chi connectivity index (χ0n) is 18.1. The van der Waals surface area contributed by atoms with E-state index in [2.05, 4.69) is 25.2 Å². The third kappa shape index (κ3) is 4.36. The summed E-state index contributed by atoms with van der Waals surface area (Å²) in [6, 6.07) is -0.533. The van der Waals surface area contributed by atoms with Crippen LogP contribution in [0.3, 0.4) is 0 Å². The number of aliphatic hydroxyl groups is 2. The number of carbonyl (C=O) groups excluding carboxylic acids is 1. The highest BCUT2D eigenvalue weighted by Crippen LogP contribution is 2.58. The third-order valence-corrected chi connectivity index (χ3v) is 6.80. The normalized spacial score (nSPS) is 42.8. The van der Waals surface area contributed by atoms with Gasteiger partial charge in [-0.1, -0.05) is 57.3 Å². The van der Waals surface area contributed by atoms with Crippen LogP contribution >= 0.6 is 0 Å². The highest BCUT2D eigenvalue weighted by atomic mass is 16.7. The number of hydrogen-bond acceptors (Lipinski definition) is 6. The second-order valence-electron chi connectivity index (χ2n) is 9.39. The fourth-order valence-electron chi connectivity index (χ4n) is 5.11. The molecule has 3 N–H and O–H groups in total. The van der Waals surface area contributed by atoms with Gasteiger partial charge in [0, 0.05) is 12.5 Å². The molecular formula is C23H35NO6. The van der Waals surface area contributed by atoms with Crippen molar-refractivity contribution in [2.24, 2.45) is 5.92 Å². The van der Waals surface area contributed by atoms with Crippen LogP contribution in [0.15, 0.2) is 23.8 Å². The molecule has 4 fully saturated rings. The molecule has 0 bridgehead atoms. The van der Waals surface area contributed by atoms with E-state index in [0.29, 0.717) is 12.3 Å². The first-order valence-corrected chi connectivity index (χ1v) is 11.4. The molecule has 168 valence electrons. The van der Waals surface area contributed by atoms with Crippen LogP contribution in [0.5, 0.6) is 0 Å². The number of allylic oxidation sites excluding steroid dienone is 3. The molecule has 3 saturated heterocycles. The van der Waals surface area contributed by atoms with Gasteiger partial charge in [-0.05, 0) is 19.3 Å². The first-order valence-electron chi connectivity index (χ1n) is 11.4. The summed E-state index contributed by atoms with van der Waals surface area (Å²) in [6.45, 7) is 6.42. The number of carbonyl (C=O) groups is 1. The molecular weight excluding hydrogens is 386 g/mol. The van der Waals surface area contributed by atoms with E-state index in [4.69, 9.17) is 14.2 Å². The topological polar surface area (TPSA) is 104 Å². The third-order valence-electron chi connectivity index (χ3n) is 6.80. The molecule has 4 aliphatic rings. The minimum absolute atomic E-state index is 0.263. The van der Waals surface area contributed by atoms with E-state index in [1.165, 1.54) is 31.8 Å². The lowest BCUT2D eigenvalue weighted by Crippen LogP contribution is -2.50. The molecule has 0 radical (unpaired) electrons. The van der Waals surface area contributed by atoms with Crippen molar-refractivity contribution >= 4 is 5.91 Å². The van der Waals surface area contributed by atoms with E-state index in [-0.39, 0.29) is 30.3 Å². The second kappa shape index (κ2) is 8.71. The summed E-state index contributed by atoms with van der Waals surface area (Å²) in [5, 5.41) is 23.3. The average Bonchev–Trinajstić information content (AvgIpc) is 3.60. The van der Waals surface area contributed by atoms with Gasteiger partial charge in [-0.25, -0.2) is 0 Å². The van der Waals surface area contributed by atoms with Crippen molar-refractivity contribution in [2.75, 3.05) is 0 Å². The van der Waals surface area contributed by atoms with E-state index in [1.807, 2.05) is 13.0 Å². The molecule has 3 aliphatic heterocycles. The Morgan fingerprint density at radius 3 is 2.53 bits per heavy atom. The van der Waals surface area contributed by atoms with Crippen molar-refractivity contribution in [3.63, 3.8) is 0 Å². The van der Waals surface area contributed by atoms with E-state index < -0.39 is 24.0 Å². The maximum atomic E-state index is 12.4. The lowest BCUT2D eigenvalue weighted by molar-refractivity contribution is -0.160. The van der Waals surface area contributed by atoms with Gasteiger partial charge in [0.1, 0.15) is 36.1 Å². The number of rotatable bonds is 9. The molecule has 7 nitrogen and oxygen atoms in total. The Kier molecular flexibility index (Phi) is 6.38. The van der Waals surface area contributed by atoms with Crippen molar-refractivity contribution in [3.05, 3.63) is 23.8 Å². The van der Waals surface area contributed by atoms with Gasteiger partial charge in [-0.2, -0.15) is 0 Å². The Hall–Kier alpha value is -1.25. The molecule has 3 heterocycles. The number of hydrogen-bond donors (Lipinski definition) is 3. The number of ether oxygens (including phenoxy) is 3. The van der Waals surface area contributed by atoms with Crippen LogP contribution in [0.4, 0.5) is 0 Å². The van der Waals surface area contributed by atoms with E-state index in [0.717, 1.165) is 12.0 Å². The van der Waals surface area contributed by atoms with Crippen molar-refractivity contribution in [3.8, 4) is 0 Å². The van der Waals surface area contributed by atoms with Crippen molar-refractivity contribution in [1.29, 1.82) is 0 Å². The van der Waals surface area contributed by atoms with Gasteiger partial charge in [-0.3, -0.25) is 4.79 Å². The average molecular weight is 422 g/mol. The number of unbranched alkanes of at least 4 members (excludes halogenated alkanes) is 3.